The molecule has 1 N–H and O–H groups in total. The van der Waals surface area contributed by atoms with Crippen LogP contribution in [0.25, 0.3) is 0 Å². The average molecular weight is 254 g/mol. The van der Waals surface area contributed by atoms with Gasteiger partial charge in [0.05, 0.1) is 6.61 Å². The van der Waals surface area contributed by atoms with Crippen LogP contribution in [0, 0.1) is 0 Å². The topological polar surface area (TPSA) is 29.5 Å². The lowest BCUT2D eigenvalue weighted by atomic mass is 9.83. The van der Waals surface area contributed by atoms with Crippen molar-refractivity contribution in [2.45, 2.75) is 25.2 Å². The molecule has 1 atom stereocenters. The summed E-state index contributed by atoms with van der Waals surface area (Å²) in [7, 11) is 0. The van der Waals surface area contributed by atoms with Crippen molar-refractivity contribution in [3.05, 3.63) is 59.7 Å². The number of phenols is 1. The van der Waals surface area contributed by atoms with Crippen molar-refractivity contribution in [1.82, 2.24) is 0 Å². The molecular formula is C17H18O2. The highest BCUT2D eigenvalue weighted by atomic mass is 16.5. The lowest BCUT2D eigenvalue weighted by Crippen LogP contribution is -2.16. The van der Waals surface area contributed by atoms with Crippen LogP contribution in [0.3, 0.4) is 0 Å². The zero-order chi connectivity index (χ0) is 13.1. The number of rotatable bonds is 3. The maximum absolute atomic E-state index is 9.25. The van der Waals surface area contributed by atoms with Gasteiger partial charge in [0, 0.05) is 5.92 Å². The Labute approximate surface area is 113 Å². The summed E-state index contributed by atoms with van der Waals surface area (Å²) in [4.78, 5) is 0. The van der Waals surface area contributed by atoms with E-state index in [4.69, 9.17) is 4.74 Å². The van der Waals surface area contributed by atoms with Crippen molar-refractivity contribution in [1.29, 1.82) is 0 Å². The van der Waals surface area contributed by atoms with Crippen LogP contribution < -0.4 is 4.74 Å². The van der Waals surface area contributed by atoms with E-state index in [1.165, 1.54) is 30.4 Å². The maximum atomic E-state index is 9.25. The van der Waals surface area contributed by atoms with Gasteiger partial charge in [-0.15, -0.1) is 0 Å². The number of aryl methyl sites for hydroxylation is 1. The minimum Gasteiger partial charge on any atom is -0.508 e. The van der Waals surface area contributed by atoms with Crippen LogP contribution in [-0.2, 0) is 6.42 Å². The first kappa shape index (κ1) is 12.1. The second kappa shape index (κ2) is 5.35. The molecule has 0 saturated carbocycles. The standard InChI is InChI=1S/C17H18O2/c18-15-8-10-16(11-9-15)19-12-14-6-3-5-13-4-1-2-7-17(13)14/h1-2,4,7-11,14,18H,3,5-6,12H2. The van der Waals surface area contributed by atoms with Gasteiger partial charge in [0.2, 0.25) is 0 Å². The van der Waals surface area contributed by atoms with E-state index < -0.39 is 0 Å². The third-order valence-electron chi connectivity index (χ3n) is 3.78. The van der Waals surface area contributed by atoms with E-state index in [0.29, 0.717) is 12.5 Å². The van der Waals surface area contributed by atoms with E-state index >= 15 is 0 Å². The Kier molecular flexibility index (Phi) is 3.41. The van der Waals surface area contributed by atoms with Crippen LogP contribution in [0.5, 0.6) is 11.5 Å². The molecule has 1 aliphatic carbocycles. The quantitative estimate of drug-likeness (QED) is 0.900. The van der Waals surface area contributed by atoms with Gasteiger partial charge in [-0.25, -0.2) is 0 Å². The summed E-state index contributed by atoms with van der Waals surface area (Å²) in [6, 6.07) is 15.6. The highest BCUT2D eigenvalue weighted by Crippen LogP contribution is 2.32. The molecule has 0 aromatic heterocycles. The lowest BCUT2D eigenvalue weighted by Gasteiger charge is -2.25. The van der Waals surface area contributed by atoms with Crippen LogP contribution in [0.2, 0.25) is 0 Å². The van der Waals surface area contributed by atoms with Gasteiger partial charge in [-0.2, -0.15) is 0 Å². The summed E-state index contributed by atoms with van der Waals surface area (Å²) < 4.78 is 5.85. The van der Waals surface area contributed by atoms with Gasteiger partial charge < -0.3 is 9.84 Å². The van der Waals surface area contributed by atoms with E-state index in [9.17, 15) is 5.11 Å². The van der Waals surface area contributed by atoms with Crippen molar-refractivity contribution in [2.24, 2.45) is 0 Å². The SMILES string of the molecule is Oc1ccc(OCC2CCCc3ccccc32)cc1. The van der Waals surface area contributed by atoms with Gasteiger partial charge in [-0.3, -0.25) is 0 Å². The largest absolute Gasteiger partial charge is 0.508 e. The Bertz CT molecular complexity index is 545. The first-order valence-electron chi connectivity index (χ1n) is 6.82. The molecule has 0 saturated heterocycles. The molecule has 1 aliphatic rings. The molecule has 0 spiro atoms. The fourth-order valence-electron chi connectivity index (χ4n) is 2.77. The third-order valence-corrected chi connectivity index (χ3v) is 3.78. The number of ether oxygens (including phenoxy) is 1. The van der Waals surface area contributed by atoms with Crippen LogP contribution in [-0.4, -0.2) is 11.7 Å². The van der Waals surface area contributed by atoms with Gasteiger partial charge in [0.25, 0.3) is 0 Å². The molecule has 19 heavy (non-hydrogen) atoms. The third kappa shape index (κ3) is 2.73. The normalized spacial score (nSPS) is 17.8. The molecule has 98 valence electrons. The molecule has 0 radical (unpaired) electrons. The average Bonchev–Trinajstić information content (AvgIpc) is 2.47. The predicted octanol–water partition coefficient (Wildman–Crippen LogP) is 3.89. The maximum Gasteiger partial charge on any atom is 0.119 e. The van der Waals surface area contributed by atoms with E-state index in [-0.39, 0.29) is 5.75 Å². The van der Waals surface area contributed by atoms with Crippen molar-refractivity contribution >= 4 is 0 Å². The fraction of sp³-hybridized carbons (Fsp3) is 0.294. The molecule has 0 fully saturated rings. The molecule has 2 aromatic rings. The molecule has 3 rings (SSSR count). The number of aromatic hydroxyl groups is 1. The summed E-state index contributed by atoms with van der Waals surface area (Å²) >= 11 is 0. The Balaban J connectivity index is 1.69. The van der Waals surface area contributed by atoms with E-state index in [2.05, 4.69) is 24.3 Å². The zero-order valence-corrected chi connectivity index (χ0v) is 10.9. The highest BCUT2D eigenvalue weighted by Gasteiger charge is 2.20. The summed E-state index contributed by atoms with van der Waals surface area (Å²) in [6.45, 7) is 0.710. The Morgan fingerprint density at radius 2 is 1.84 bits per heavy atom. The molecular weight excluding hydrogens is 236 g/mol. The second-order valence-corrected chi connectivity index (χ2v) is 5.09. The van der Waals surface area contributed by atoms with Gasteiger partial charge in [0.1, 0.15) is 11.5 Å². The Morgan fingerprint density at radius 1 is 1.05 bits per heavy atom. The van der Waals surface area contributed by atoms with Gasteiger partial charge in [-0.05, 0) is 54.7 Å². The summed E-state index contributed by atoms with van der Waals surface area (Å²) in [5, 5.41) is 9.25. The monoisotopic (exact) mass is 254 g/mol. The van der Waals surface area contributed by atoms with E-state index in [1.54, 1.807) is 12.1 Å². The molecule has 0 bridgehead atoms. The zero-order valence-electron chi connectivity index (χ0n) is 10.9. The minimum atomic E-state index is 0.273. The highest BCUT2D eigenvalue weighted by molar-refractivity contribution is 5.33. The van der Waals surface area contributed by atoms with Crippen LogP contribution in [0.4, 0.5) is 0 Å². The molecule has 2 heteroatoms. The summed E-state index contributed by atoms with van der Waals surface area (Å²) in [5.74, 6) is 1.58. The summed E-state index contributed by atoms with van der Waals surface area (Å²) in [6.07, 6.45) is 3.61. The first-order chi connectivity index (χ1) is 9.33. The molecule has 0 amide bonds. The number of benzene rings is 2. The second-order valence-electron chi connectivity index (χ2n) is 5.09. The smallest absolute Gasteiger partial charge is 0.119 e. The Hall–Kier alpha value is -1.96. The molecule has 0 aliphatic heterocycles. The van der Waals surface area contributed by atoms with Crippen LogP contribution in [0.1, 0.15) is 29.9 Å². The summed E-state index contributed by atoms with van der Waals surface area (Å²) in [5.41, 5.74) is 2.90. The van der Waals surface area contributed by atoms with Crippen molar-refractivity contribution in [3.63, 3.8) is 0 Å². The first-order valence-corrected chi connectivity index (χ1v) is 6.82. The molecule has 2 aromatic carbocycles. The van der Waals surface area contributed by atoms with Gasteiger partial charge in [-0.1, -0.05) is 24.3 Å². The van der Waals surface area contributed by atoms with Crippen LogP contribution >= 0.6 is 0 Å². The van der Waals surface area contributed by atoms with Crippen LogP contribution in [0.15, 0.2) is 48.5 Å². The molecule has 2 nitrogen and oxygen atoms in total. The van der Waals surface area contributed by atoms with Gasteiger partial charge in [0.15, 0.2) is 0 Å². The number of phenolic OH excluding ortho intramolecular Hbond substituents is 1. The Morgan fingerprint density at radius 3 is 2.68 bits per heavy atom. The fourth-order valence-corrected chi connectivity index (χ4v) is 2.77. The predicted molar refractivity (Wildman–Crippen MR) is 75.7 cm³/mol. The van der Waals surface area contributed by atoms with E-state index in [1.807, 2.05) is 12.1 Å². The van der Waals surface area contributed by atoms with Crippen molar-refractivity contribution < 1.29 is 9.84 Å². The minimum absolute atomic E-state index is 0.273. The van der Waals surface area contributed by atoms with E-state index in [0.717, 1.165) is 5.75 Å². The lowest BCUT2D eigenvalue weighted by molar-refractivity contribution is 0.274. The number of fused-ring (bicyclic) bond motifs is 1. The molecule has 0 heterocycles. The van der Waals surface area contributed by atoms with Crippen molar-refractivity contribution in [3.8, 4) is 11.5 Å². The number of hydrogen-bond donors (Lipinski definition) is 1. The number of hydrogen-bond acceptors (Lipinski definition) is 2. The van der Waals surface area contributed by atoms with Crippen molar-refractivity contribution in [2.75, 3.05) is 6.61 Å². The molecule has 1 unspecified atom stereocenters. The van der Waals surface area contributed by atoms with Gasteiger partial charge >= 0.3 is 0 Å².